The first-order valence-corrected chi connectivity index (χ1v) is 14.1. The number of phenolic OH excluding ortho intramolecular Hbond substituents is 1. The first-order chi connectivity index (χ1) is 17.0. The number of nitrogen functional groups attached to an aromatic ring is 2. The Balaban J connectivity index is 2.06. The van der Waals surface area contributed by atoms with Gasteiger partial charge in [-0.05, 0) is 42.5 Å². The van der Waals surface area contributed by atoms with Crippen molar-refractivity contribution in [3.63, 3.8) is 0 Å². The molecule has 0 aromatic heterocycles. The molecule has 8 N–H and O–H groups in total. The fourth-order valence-corrected chi connectivity index (χ4v) is 5.50. The highest BCUT2D eigenvalue weighted by Crippen LogP contribution is 2.45. The third-order valence-corrected chi connectivity index (χ3v) is 7.95. The second-order valence-corrected chi connectivity index (χ2v) is 11.9. The van der Waals surface area contributed by atoms with Gasteiger partial charge in [-0.2, -0.15) is 25.3 Å². The van der Waals surface area contributed by atoms with Crippen molar-refractivity contribution in [1.82, 2.24) is 0 Å². The second kappa shape index (κ2) is 8.61. The predicted octanol–water partition coefficient (Wildman–Crippen LogP) is 3.02. The molecule has 0 fully saturated rings. The summed E-state index contributed by atoms with van der Waals surface area (Å²) in [5.74, 6) is -0.991. The van der Waals surface area contributed by atoms with E-state index in [1.165, 1.54) is 18.2 Å². The summed E-state index contributed by atoms with van der Waals surface area (Å²) in [6.45, 7) is 0. The molecular formula is C20H16N4O10S3. The quantitative estimate of drug-likeness (QED) is 0.115. The summed E-state index contributed by atoms with van der Waals surface area (Å²) in [5, 5.41) is 17.8. The van der Waals surface area contributed by atoms with Gasteiger partial charge in [-0.3, -0.25) is 13.7 Å². The van der Waals surface area contributed by atoms with Gasteiger partial charge in [-0.1, -0.05) is 6.07 Å². The van der Waals surface area contributed by atoms with E-state index < -0.39 is 67.3 Å². The zero-order valence-electron chi connectivity index (χ0n) is 18.1. The zero-order valence-corrected chi connectivity index (χ0v) is 20.6. The Hall–Kier alpha value is -3.87. The standard InChI is InChI=1S/C20H16N4O10S3/c21-13-3-5-15(11-7-9(35(26,27)28)1-2-10(11)13)23-24-19-17(37(32,33)34)8-12-16(36(29,30)31)6-4-14(22)18(12)20(19)25/h1-8,25H,21-22H2,(H,26,27,28)(H,29,30,31)(H,32,33,34). The number of rotatable bonds is 5. The predicted molar refractivity (Wildman–Crippen MR) is 132 cm³/mol. The molecule has 17 heteroatoms. The number of hydrogen-bond acceptors (Lipinski definition) is 11. The molecule has 14 nitrogen and oxygen atoms in total. The minimum Gasteiger partial charge on any atom is -0.505 e. The molecule has 0 heterocycles. The number of nitrogens with zero attached hydrogens (tertiary/aromatic N) is 2. The summed E-state index contributed by atoms with van der Waals surface area (Å²) in [6.07, 6.45) is 0. The van der Waals surface area contributed by atoms with Crippen molar-refractivity contribution in [1.29, 1.82) is 0 Å². The van der Waals surface area contributed by atoms with Crippen molar-refractivity contribution in [2.75, 3.05) is 11.5 Å². The summed E-state index contributed by atoms with van der Waals surface area (Å²) >= 11 is 0. The van der Waals surface area contributed by atoms with Crippen LogP contribution < -0.4 is 11.5 Å². The van der Waals surface area contributed by atoms with Crippen LogP contribution in [-0.2, 0) is 30.4 Å². The number of aromatic hydroxyl groups is 1. The van der Waals surface area contributed by atoms with Crippen LogP contribution in [0, 0.1) is 0 Å². The van der Waals surface area contributed by atoms with Crippen molar-refractivity contribution >= 4 is 74.6 Å². The van der Waals surface area contributed by atoms with Gasteiger partial charge in [0.1, 0.15) is 15.5 Å². The Morgan fingerprint density at radius 3 is 1.84 bits per heavy atom. The van der Waals surface area contributed by atoms with E-state index in [9.17, 15) is 44.0 Å². The largest absolute Gasteiger partial charge is 0.505 e. The molecule has 0 bridgehead atoms. The van der Waals surface area contributed by atoms with Crippen LogP contribution in [0.1, 0.15) is 0 Å². The lowest BCUT2D eigenvalue weighted by molar-refractivity contribution is 0.471. The third kappa shape index (κ3) is 4.78. The molecule has 4 rings (SSSR count). The zero-order chi connectivity index (χ0) is 27.5. The smallest absolute Gasteiger partial charge is 0.296 e. The van der Waals surface area contributed by atoms with E-state index in [0.717, 1.165) is 24.3 Å². The SMILES string of the molecule is Nc1ccc(N=Nc2c(S(=O)(=O)O)cc3c(S(=O)(=O)O)ccc(N)c3c2O)c2cc(S(=O)(=O)O)ccc12. The molecule has 0 aliphatic rings. The van der Waals surface area contributed by atoms with Gasteiger partial charge in [0.2, 0.25) is 0 Å². The molecular weight excluding hydrogens is 552 g/mol. The highest BCUT2D eigenvalue weighted by atomic mass is 32.2. The lowest BCUT2D eigenvalue weighted by Crippen LogP contribution is -2.04. The number of hydrogen-bond donors (Lipinski definition) is 6. The third-order valence-electron chi connectivity index (χ3n) is 5.32. The maximum Gasteiger partial charge on any atom is 0.296 e. The second-order valence-electron chi connectivity index (χ2n) is 7.65. The number of anilines is 2. The summed E-state index contributed by atoms with van der Waals surface area (Å²) in [4.78, 5) is -2.38. The highest BCUT2D eigenvalue weighted by Gasteiger charge is 2.27. The molecule has 0 amide bonds. The Labute approximate surface area is 209 Å². The maximum absolute atomic E-state index is 12.1. The van der Waals surface area contributed by atoms with E-state index in [2.05, 4.69) is 10.2 Å². The van der Waals surface area contributed by atoms with Crippen molar-refractivity contribution in [3.8, 4) is 5.75 Å². The minimum absolute atomic E-state index is 0.0701. The molecule has 0 spiro atoms. The van der Waals surface area contributed by atoms with Crippen molar-refractivity contribution in [3.05, 3.63) is 48.5 Å². The van der Waals surface area contributed by atoms with Crippen LogP contribution in [0.5, 0.6) is 5.75 Å². The molecule has 4 aromatic rings. The van der Waals surface area contributed by atoms with Crippen LogP contribution in [0.2, 0.25) is 0 Å². The van der Waals surface area contributed by atoms with Crippen LogP contribution in [-0.4, -0.2) is 44.0 Å². The van der Waals surface area contributed by atoms with Gasteiger partial charge in [0, 0.05) is 27.5 Å². The molecule has 0 saturated carbocycles. The average molecular weight is 569 g/mol. The lowest BCUT2D eigenvalue weighted by Gasteiger charge is -2.13. The summed E-state index contributed by atoms with van der Waals surface area (Å²) in [6, 6.07) is 8.62. The molecule has 4 aromatic carbocycles. The normalized spacial score (nSPS) is 13.1. The van der Waals surface area contributed by atoms with E-state index in [-0.39, 0.29) is 22.4 Å². The van der Waals surface area contributed by atoms with Crippen molar-refractivity contribution < 1.29 is 44.0 Å². The Bertz CT molecular complexity index is 1990. The first-order valence-electron chi connectivity index (χ1n) is 9.75. The van der Waals surface area contributed by atoms with Crippen LogP contribution in [0.15, 0.2) is 73.4 Å². The van der Waals surface area contributed by atoms with E-state index in [4.69, 9.17) is 11.5 Å². The molecule has 0 saturated heterocycles. The number of fused-ring (bicyclic) bond motifs is 2. The Morgan fingerprint density at radius 1 is 0.622 bits per heavy atom. The van der Waals surface area contributed by atoms with Crippen LogP contribution in [0.25, 0.3) is 21.5 Å². The molecule has 194 valence electrons. The van der Waals surface area contributed by atoms with Crippen molar-refractivity contribution in [2.24, 2.45) is 10.2 Å². The van der Waals surface area contributed by atoms with E-state index in [1.807, 2.05) is 0 Å². The number of nitrogens with two attached hydrogens (primary N) is 2. The molecule has 37 heavy (non-hydrogen) atoms. The fraction of sp³-hybridized carbons (Fsp3) is 0. The van der Waals surface area contributed by atoms with Crippen LogP contribution in [0.3, 0.4) is 0 Å². The molecule has 0 unspecified atom stereocenters. The van der Waals surface area contributed by atoms with Crippen LogP contribution >= 0.6 is 0 Å². The minimum atomic E-state index is -5.17. The van der Waals surface area contributed by atoms with Gasteiger partial charge < -0.3 is 16.6 Å². The molecule has 0 aliphatic heterocycles. The van der Waals surface area contributed by atoms with Crippen LogP contribution in [0.4, 0.5) is 22.7 Å². The van der Waals surface area contributed by atoms with Crippen molar-refractivity contribution in [2.45, 2.75) is 14.7 Å². The van der Waals surface area contributed by atoms with Gasteiger partial charge in [-0.15, -0.1) is 10.2 Å². The summed E-state index contributed by atoms with van der Waals surface area (Å²) in [5.41, 5.74) is 10.8. The van der Waals surface area contributed by atoms with E-state index >= 15 is 0 Å². The number of phenols is 1. The number of azo groups is 1. The van der Waals surface area contributed by atoms with E-state index in [0.29, 0.717) is 11.5 Å². The van der Waals surface area contributed by atoms with Gasteiger partial charge in [0.25, 0.3) is 30.4 Å². The maximum atomic E-state index is 12.1. The lowest BCUT2D eigenvalue weighted by atomic mass is 10.1. The number of benzene rings is 4. The fourth-order valence-electron chi connectivity index (χ4n) is 3.66. The molecule has 0 atom stereocenters. The monoisotopic (exact) mass is 568 g/mol. The van der Waals surface area contributed by atoms with Gasteiger partial charge >= 0.3 is 0 Å². The Morgan fingerprint density at radius 2 is 1.24 bits per heavy atom. The first kappa shape index (κ1) is 26.2. The summed E-state index contributed by atoms with van der Waals surface area (Å²) in [7, 11) is -14.7. The van der Waals surface area contributed by atoms with Gasteiger partial charge in [0.15, 0.2) is 5.75 Å². The molecule has 0 radical (unpaired) electrons. The Kier molecular flexibility index (Phi) is 6.10. The topological polar surface area (TPSA) is 260 Å². The van der Waals surface area contributed by atoms with Gasteiger partial charge in [-0.25, -0.2) is 0 Å². The summed E-state index contributed by atoms with van der Waals surface area (Å²) < 4.78 is 99.6. The highest BCUT2D eigenvalue weighted by molar-refractivity contribution is 7.86. The average Bonchev–Trinajstić information content (AvgIpc) is 2.77. The molecule has 0 aliphatic carbocycles. The van der Waals surface area contributed by atoms with E-state index in [1.54, 1.807) is 0 Å². The van der Waals surface area contributed by atoms with Gasteiger partial charge in [0.05, 0.1) is 16.0 Å².